The number of nitrogens with zero attached hydrogens (tertiary/aromatic N) is 5. The molecular weight excluding hydrogens is 414 g/mol. The number of rotatable bonds is 5. The van der Waals surface area contributed by atoms with E-state index in [1.807, 2.05) is 34.7 Å². The topological polar surface area (TPSA) is 88.4 Å². The maximum absolute atomic E-state index is 13.6. The highest BCUT2D eigenvalue weighted by Crippen LogP contribution is 2.33. The number of carbonyl (C=O) groups is 1. The number of anilines is 1. The van der Waals surface area contributed by atoms with Crippen LogP contribution in [0.4, 0.5) is 5.69 Å². The molecule has 0 bridgehead atoms. The van der Waals surface area contributed by atoms with E-state index in [0.29, 0.717) is 37.3 Å². The molecule has 0 unspecified atom stereocenters. The van der Waals surface area contributed by atoms with Gasteiger partial charge in [0.25, 0.3) is 5.91 Å². The van der Waals surface area contributed by atoms with Crippen LogP contribution < -0.4 is 4.90 Å². The van der Waals surface area contributed by atoms with Crippen molar-refractivity contribution in [3.63, 3.8) is 0 Å². The molecule has 0 atom stereocenters. The summed E-state index contributed by atoms with van der Waals surface area (Å²) in [6.45, 7) is 8.73. The van der Waals surface area contributed by atoms with Gasteiger partial charge in [0.2, 0.25) is 10.0 Å². The normalized spacial score (nSPS) is 13.9. The molecule has 3 heterocycles. The zero-order chi connectivity index (χ0) is 22.5. The van der Waals surface area contributed by atoms with Gasteiger partial charge in [0.05, 0.1) is 21.5 Å². The van der Waals surface area contributed by atoms with E-state index in [9.17, 15) is 13.2 Å². The Morgan fingerprint density at radius 2 is 1.87 bits per heavy atom. The fourth-order valence-corrected chi connectivity index (χ4v) is 5.86. The molecule has 1 aromatic carbocycles. The molecule has 4 rings (SSSR count). The van der Waals surface area contributed by atoms with Gasteiger partial charge in [-0.05, 0) is 50.1 Å². The quantitative estimate of drug-likeness (QED) is 0.608. The molecule has 0 spiro atoms. The van der Waals surface area contributed by atoms with Crippen LogP contribution in [0, 0.1) is 13.8 Å². The molecule has 0 saturated heterocycles. The Morgan fingerprint density at radius 1 is 1.16 bits per heavy atom. The predicted molar refractivity (Wildman–Crippen MR) is 120 cm³/mol. The first-order valence-electron chi connectivity index (χ1n) is 10.4. The highest BCUT2D eigenvalue weighted by atomic mass is 32.2. The van der Waals surface area contributed by atoms with Crippen LogP contribution in [0.15, 0.2) is 29.2 Å². The van der Waals surface area contributed by atoms with Crippen LogP contribution in [-0.2, 0) is 23.5 Å². The number of sulfonamides is 1. The minimum Gasteiger partial charge on any atom is -0.308 e. The van der Waals surface area contributed by atoms with Crippen LogP contribution >= 0.6 is 0 Å². The molecule has 9 heteroatoms. The van der Waals surface area contributed by atoms with Crippen LogP contribution in [0.2, 0.25) is 0 Å². The highest BCUT2D eigenvalue weighted by molar-refractivity contribution is 7.89. The Balaban J connectivity index is 1.75. The van der Waals surface area contributed by atoms with Crippen LogP contribution in [0.3, 0.4) is 0 Å². The summed E-state index contributed by atoms with van der Waals surface area (Å²) in [5, 5.41) is 5.19. The minimum absolute atomic E-state index is 0.121. The minimum atomic E-state index is -3.54. The van der Waals surface area contributed by atoms with Crippen molar-refractivity contribution in [1.29, 1.82) is 0 Å². The first-order valence-corrected chi connectivity index (χ1v) is 11.9. The Kier molecular flexibility index (Phi) is 5.35. The fraction of sp³-hybridized carbons (Fsp3) is 0.409. The van der Waals surface area contributed by atoms with Gasteiger partial charge in [0.1, 0.15) is 0 Å². The Labute approximate surface area is 182 Å². The first kappa shape index (κ1) is 21.5. The molecule has 2 aromatic heterocycles. The third-order valence-corrected chi connectivity index (χ3v) is 7.91. The third-order valence-electron chi connectivity index (χ3n) is 5.86. The lowest BCUT2D eigenvalue weighted by Crippen LogP contribution is -2.31. The molecule has 0 N–H and O–H groups in total. The van der Waals surface area contributed by atoms with E-state index in [-0.39, 0.29) is 10.8 Å². The van der Waals surface area contributed by atoms with E-state index in [1.165, 1.54) is 4.31 Å². The predicted octanol–water partition coefficient (Wildman–Crippen LogP) is 2.82. The number of aryl methyl sites for hydroxylation is 3. The number of aromatic nitrogens is 3. The fourth-order valence-electron chi connectivity index (χ4n) is 4.35. The lowest BCUT2D eigenvalue weighted by atomic mass is 10.1. The summed E-state index contributed by atoms with van der Waals surface area (Å²) >= 11 is 0. The number of amides is 1. The molecular formula is C22H27N5O3S. The summed E-state index contributed by atoms with van der Waals surface area (Å²) in [5.41, 5.74) is 4.38. The van der Waals surface area contributed by atoms with Crippen molar-refractivity contribution in [2.45, 2.75) is 39.0 Å². The number of fused-ring (bicyclic) bond motifs is 2. The van der Waals surface area contributed by atoms with Crippen LogP contribution in [-0.4, -0.2) is 53.0 Å². The van der Waals surface area contributed by atoms with Crippen molar-refractivity contribution >= 4 is 32.7 Å². The van der Waals surface area contributed by atoms with Gasteiger partial charge in [-0.1, -0.05) is 13.8 Å². The van der Waals surface area contributed by atoms with E-state index in [2.05, 4.69) is 10.1 Å². The molecule has 1 aliphatic rings. The van der Waals surface area contributed by atoms with E-state index in [0.717, 1.165) is 28.0 Å². The lowest BCUT2D eigenvalue weighted by Gasteiger charge is -2.20. The van der Waals surface area contributed by atoms with Crippen LogP contribution in [0.1, 0.15) is 41.2 Å². The number of hydrogen-bond donors (Lipinski definition) is 0. The first-order chi connectivity index (χ1) is 14.7. The van der Waals surface area contributed by atoms with Gasteiger partial charge in [-0.15, -0.1) is 0 Å². The molecule has 0 fully saturated rings. The molecule has 1 aliphatic heterocycles. The van der Waals surface area contributed by atoms with E-state index >= 15 is 0 Å². The van der Waals surface area contributed by atoms with Crippen molar-refractivity contribution in [2.75, 3.05) is 24.5 Å². The SMILES string of the molecule is CCN(CC)S(=O)(=O)c1ccc2c(c1)CCN2C(=O)c1cc(C)nc2c1c(C)nn2C. The highest BCUT2D eigenvalue weighted by Gasteiger charge is 2.30. The van der Waals surface area contributed by atoms with Gasteiger partial charge in [-0.25, -0.2) is 13.4 Å². The average molecular weight is 442 g/mol. The number of hydrogen-bond acceptors (Lipinski definition) is 5. The number of pyridine rings is 1. The van der Waals surface area contributed by atoms with Crippen molar-refractivity contribution < 1.29 is 13.2 Å². The molecule has 3 aromatic rings. The molecule has 8 nitrogen and oxygen atoms in total. The summed E-state index contributed by atoms with van der Waals surface area (Å²) in [6.07, 6.45) is 0.613. The van der Waals surface area contributed by atoms with Gasteiger partial charge < -0.3 is 4.90 Å². The maximum Gasteiger partial charge on any atom is 0.259 e. The van der Waals surface area contributed by atoms with Crippen molar-refractivity contribution in [1.82, 2.24) is 19.1 Å². The monoisotopic (exact) mass is 441 g/mol. The van der Waals surface area contributed by atoms with E-state index in [4.69, 9.17) is 0 Å². The van der Waals surface area contributed by atoms with E-state index in [1.54, 1.807) is 33.8 Å². The average Bonchev–Trinajstić information content (AvgIpc) is 3.28. The number of benzene rings is 1. The van der Waals surface area contributed by atoms with Gasteiger partial charge >= 0.3 is 0 Å². The van der Waals surface area contributed by atoms with Crippen molar-refractivity contribution in [3.05, 3.63) is 46.8 Å². The summed E-state index contributed by atoms with van der Waals surface area (Å²) in [7, 11) is -1.72. The largest absolute Gasteiger partial charge is 0.308 e. The Morgan fingerprint density at radius 3 is 2.55 bits per heavy atom. The van der Waals surface area contributed by atoms with Gasteiger partial charge in [0, 0.05) is 38.1 Å². The molecule has 1 amide bonds. The smallest absolute Gasteiger partial charge is 0.259 e. The summed E-state index contributed by atoms with van der Waals surface area (Å²) in [6, 6.07) is 6.86. The Bertz CT molecular complexity index is 1290. The van der Waals surface area contributed by atoms with Gasteiger partial charge in [-0.2, -0.15) is 9.40 Å². The lowest BCUT2D eigenvalue weighted by molar-refractivity contribution is 0.0990. The number of carbonyl (C=O) groups excluding carboxylic acids is 1. The molecule has 164 valence electrons. The van der Waals surface area contributed by atoms with Crippen LogP contribution in [0.25, 0.3) is 11.0 Å². The molecule has 0 aliphatic carbocycles. The molecule has 0 radical (unpaired) electrons. The zero-order valence-corrected chi connectivity index (χ0v) is 19.3. The molecule has 31 heavy (non-hydrogen) atoms. The summed E-state index contributed by atoms with van der Waals surface area (Å²) in [4.78, 5) is 20.1. The Hall–Kier alpha value is -2.78. The zero-order valence-electron chi connectivity index (χ0n) is 18.5. The third kappa shape index (κ3) is 3.41. The summed E-state index contributed by atoms with van der Waals surface area (Å²) < 4.78 is 28.9. The van der Waals surface area contributed by atoms with Crippen LogP contribution in [0.5, 0.6) is 0 Å². The second-order valence-electron chi connectivity index (χ2n) is 7.81. The van der Waals surface area contributed by atoms with E-state index < -0.39 is 10.0 Å². The van der Waals surface area contributed by atoms with Crippen molar-refractivity contribution in [2.24, 2.45) is 7.05 Å². The maximum atomic E-state index is 13.6. The van der Waals surface area contributed by atoms with Gasteiger partial charge in [-0.3, -0.25) is 9.48 Å². The second kappa shape index (κ2) is 7.72. The second-order valence-corrected chi connectivity index (χ2v) is 9.74. The standard InChI is InChI=1S/C22H27N5O3S/c1-6-26(7-2)31(29,30)17-8-9-19-16(13-17)10-11-27(19)22(28)18-12-14(3)23-21-20(18)15(4)24-25(21)5/h8-9,12-13H,6-7,10-11H2,1-5H3. The molecule has 0 saturated carbocycles. The summed E-state index contributed by atoms with van der Waals surface area (Å²) in [5.74, 6) is -0.121. The van der Waals surface area contributed by atoms with Gasteiger partial charge in [0.15, 0.2) is 5.65 Å². The van der Waals surface area contributed by atoms with Crippen molar-refractivity contribution in [3.8, 4) is 0 Å².